The Labute approximate surface area is 123 Å². The van der Waals surface area contributed by atoms with E-state index in [1.54, 1.807) is 11.3 Å². The average molecular weight is 301 g/mol. The lowest BCUT2D eigenvalue weighted by atomic mass is 10.1. The number of nitrogens with one attached hydrogen (secondary N) is 1. The van der Waals surface area contributed by atoms with Gasteiger partial charge in [0.25, 0.3) is 0 Å². The van der Waals surface area contributed by atoms with Crippen molar-refractivity contribution in [1.82, 2.24) is 10.2 Å². The maximum Gasteiger partial charge on any atom is 0.0931 e. The number of hydrogen-bond acceptors (Lipinski definition) is 4. The van der Waals surface area contributed by atoms with Crippen molar-refractivity contribution in [2.24, 2.45) is 0 Å². The molecule has 1 N–H and O–H groups in total. The second-order valence-electron chi connectivity index (χ2n) is 5.56. The molecule has 2 aliphatic rings. The van der Waals surface area contributed by atoms with Crippen molar-refractivity contribution in [2.45, 2.75) is 38.0 Å². The van der Waals surface area contributed by atoms with Crippen LogP contribution >= 0.6 is 22.9 Å². The smallest absolute Gasteiger partial charge is 0.0931 e. The van der Waals surface area contributed by atoms with Crippen LogP contribution in [0, 0.1) is 0 Å². The molecule has 0 amide bonds. The van der Waals surface area contributed by atoms with E-state index in [1.807, 2.05) is 6.07 Å². The molecule has 0 bridgehead atoms. The quantitative estimate of drug-likeness (QED) is 0.925. The van der Waals surface area contributed by atoms with Crippen LogP contribution < -0.4 is 5.32 Å². The maximum absolute atomic E-state index is 5.97. The molecule has 0 aromatic carbocycles. The predicted molar refractivity (Wildman–Crippen MR) is 80.1 cm³/mol. The van der Waals surface area contributed by atoms with Crippen LogP contribution in [0.25, 0.3) is 0 Å². The first-order valence-electron chi connectivity index (χ1n) is 7.05. The van der Waals surface area contributed by atoms with Crippen molar-refractivity contribution in [3.05, 3.63) is 21.3 Å². The van der Waals surface area contributed by atoms with Crippen LogP contribution in [0.4, 0.5) is 0 Å². The molecule has 2 saturated heterocycles. The minimum Gasteiger partial charge on any atom is -0.374 e. The monoisotopic (exact) mass is 300 g/mol. The highest BCUT2D eigenvalue weighted by Gasteiger charge is 2.32. The highest BCUT2D eigenvalue weighted by Crippen LogP contribution is 2.25. The molecule has 5 heteroatoms. The molecule has 3 unspecified atom stereocenters. The summed E-state index contributed by atoms with van der Waals surface area (Å²) >= 11 is 7.57. The number of hydrogen-bond donors (Lipinski definition) is 1. The Morgan fingerprint density at radius 1 is 1.63 bits per heavy atom. The van der Waals surface area contributed by atoms with Gasteiger partial charge in [0.15, 0.2) is 0 Å². The zero-order chi connectivity index (χ0) is 13.2. The fraction of sp³-hybridized carbons (Fsp3) is 0.714. The van der Waals surface area contributed by atoms with Crippen molar-refractivity contribution in [1.29, 1.82) is 0 Å². The Bertz CT molecular complexity index is 425. The molecule has 3 heterocycles. The number of nitrogens with zero attached hydrogens (tertiary/aromatic N) is 1. The van der Waals surface area contributed by atoms with Crippen LogP contribution in [-0.2, 0) is 4.74 Å². The second kappa shape index (κ2) is 6.10. The summed E-state index contributed by atoms with van der Waals surface area (Å²) < 4.78 is 6.81. The van der Waals surface area contributed by atoms with Gasteiger partial charge in [0.1, 0.15) is 0 Å². The molecule has 3 nitrogen and oxygen atoms in total. The minimum absolute atomic E-state index is 0.325. The van der Waals surface area contributed by atoms with Gasteiger partial charge in [-0.25, -0.2) is 0 Å². The van der Waals surface area contributed by atoms with Gasteiger partial charge >= 0.3 is 0 Å². The summed E-state index contributed by atoms with van der Waals surface area (Å²) in [4.78, 5) is 2.59. The summed E-state index contributed by atoms with van der Waals surface area (Å²) in [6.45, 7) is 6.33. The first-order chi connectivity index (χ1) is 9.22. The zero-order valence-electron chi connectivity index (χ0n) is 11.3. The van der Waals surface area contributed by atoms with Gasteiger partial charge in [-0.15, -0.1) is 11.3 Å². The van der Waals surface area contributed by atoms with Gasteiger partial charge < -0.3 is 10.1 Å². The third-order valence-corrected chi connectivity index (χ3v) is 5.31. The number of ether oxygens (including phenoxy) is 1. The van der Waals surface area contributed by atoms with Crippen LogP contribution in [0.3, 0.4) is 0 Å². The lowest BCUT2D eigenvalue weighted by Gasteiger charge is -2.35. The van der Waals surface area contributed by atoms with Gasteiger partial charge in [0.2, 0.25) is 0 Å². The molecule has 3 atom stereocenters. The lowest BCUT2D eigenvalue weighted by Crippen LogP contribution is -2.49. The van der Waals surface area contributed by atoms with Crippen LogP contribution in [0.5, 0.6) is 0 Å². The van der Waals surface area contributed by atoms with E-state index in [4.69, 9.17) is 16.3 Å². The molecular formula is C14H21ClN2OS. The average Bonchev–Trinajstić information content (AvgIpc) is 3.03. The number of thiophene rings is 1. The molecular weight excluding hydrogens is 280 g/mol. The Balaban J connectivity index is 1.47. The Morgan fingerprint density at radius 2 is 2.53 bits per heavy atom. The summed E-state index contributed by atoms with van der Waals surface area (Å²) in [7, 11) is 0. The lowest BCUT2D eigenvalue weighted by molar-refractivity contribution is -0.0477. The summed E-state index contributed by atoms with van der Waals surface area (Å²) in [5, 5.41) is 5.68. The molecule has 106 valence electrons. The van der Waals surface area contributed by atoms with Gasteiger partial charge in [0.05, 0.1) is 17.0 Å². The number of fused-ring (bicyclic) bond motifs is 1. The normalized spacial score (nSPS) is 29.4. The minimum atomic E-state index is 0.325. The van der Waals surface area contributed by atoms with E-state index in [0.29, 0.717) is 18.2 Å². The van der Waals surface area contributed by atoms with Crippen molar-refractivity contribution in [3.63, 3.8) is 0 Å². The van der Waals surface area contributed by atoms with Gasteiger partial charge in [-0.1, -0.05) is 11.6 Å². The third kappa shape index (κ3) is 3.31. The van der Waals surface area contributed by atoms with Gasteiger partial charge in [0, 0.05) is 25.2 Å². The summed E-state index contributed by atoms with van der Waals surface area (Å²) in [6.07, 6.45) is 2.97. The van der Waals surface area contributed by atoms with Crippen molar-refractivity contribution < 1.29 is 4.74 Å². The first-order valence-corrected chi connectivity index (χ1v) is 8.31. The number of halogens is 1. The summed E-state index contributed by atoms with van der Waals surface area (Å²) in [5.74, 6) is 0. The molecule has 3 rings (SSSR count). The van der Waals surface area contributed by atoms with Crippen LogP contribution in [0.2, 0.25) is 4.34 Å². The van der Waals surface area contributed by atoms with Crippen LogP contribution in [0.15, 0.2) is 11.4 Å². The molecule has 1 aromatic rings. The third-order valence-electron chi connectivity index (χ3n) is 4.20. The number of rotatable bonds is 4. The Morgan fingerprint density at radius 3 is 3.32 bits per heavy atom. The summed E-state index contributed by atoms with van der Waals surface area (Å²) in [5.41, 5.74) is 1.27. The molecule has 0 radical (unpaired) electrons. The van der Waals surface area contributed by atoms with E-state index in [0.717, 1.165) is 24.0 Å². The zero-order valence-corrected chi connectivity index (χ0v) is 12.8. The molecule has 2 aliphatic heterocycles. The molecule has 1 aromatic heterocycles. The van der Waals surface area contributed by atoms with Crippen molar-refractivity contribution in [3.8, 4) is 0 Å². The van der Waals surface area contributed by atoms with Crippen molar-refractivity contribution in [2.75, 3.05) is 26.2 Å². The van der Waals surface area contributed by atoms with Gasteiger partial charge in [-0.05, 0) is 43.3 Å². The molecule has 0 saturated carbocycles. The van der Waals surface area contributed by atoms with Crippen molar-refractivity contribution >= 4 is 22.9 Å². The fourth-order valence-electron chi connectivity index (χ4n) is 2.99. The van der Waals surface area contributed by atoms with E-state index in [9.17, 15) is 0 Å². The highest BCUT2D eigenvalue weighted by atomic mass is 35.5. The standard InChI is InChI=1S/C14H21ClN2OS/c1-10(11-5-14(15)19-9-11)16-6-13-7-17-4-2-3-12(17)8-18-13/h5,9-10,12-13,16H,2-4,6-8H2,1H3. The molecule has 2 fully saturated rings. The Hall–Kier alpha value is -0.130. The maximum atomic E-state index is 5.97. The van der Waals surface area contributed by atoms with E-state index < -0.39 is 0 Å². The largest absolute Gasteiger partial charge is 0.374 e. The fourth-order valence-corrected chi connectivity index (χ4v) is 3.97. The molecule has 19 heavy (non-hydrogen) atoms. The van der Waals surface area contributed by atoms with Gasteiger partial charge in [-0.3, -0.25) is 4.90 Å². The SMILES string of the molecule is CC(NCC1CN2CCCC2CO1)c1csc(Cl)c1. The van der Waals surface area contributed by atoms with Gasteiger partial charge in [-0.2, -0.15) is 0 Å². The van der Waals surface area contributed by atoms with E-state index in [-0.39, 0.29) is 0 Å². The van der Waals surface area contributed by atoms with Crippen LogP contribution in [0.1, 0.15) is 31.4 Å². The number of morpholine rings is 1. The topological polar surface area (TPSA) is 24.5 Å². The second-order valence-corrected chi connectivity index (χ2v) is 7.10. The summed E-state index contributed by atoms with van der Waals surface area (Å²) in [6, 6.07) is 3.07. The molecule has 0 spiro atoms. The highest BCUT2D eigenvalue weighted by molar-refractivity contribution is 7.14. The Kier molecular flexibility index (Phi) is 4.44. The molecule has 0 aliphatic carbocycles. The van der Waals surface area contributed by atoms with E-state index in [2.05, 4.69) is 22.5 Å². The van der Waals surface area contributed by atoms with Crippen LogP contribution in [-0.4, -0.2) is 43.3 Å². The first kappa shape index (κ1) is 13.8. The predicted octanol–water partition coefficient (Wildman–Crippen LogP) is 2.92. The van der Waals surface area contributed by atoms with E-state index >= 15 is 0 Å². The van der Waals surface area contributed by atoms with E-state index in [1.165, 1.54) is 24.9 Å².